The number of imide groups is 1. The van der Waals surface area contributed by atoms with Gasteiger partial charge in [-0.25, -0.2) is 4.79 Å². The van der Waals surface area contributed by atoms with E-state index in [-0.39, 0.29) is 37.5 Å². The van der Waals surface area contributed by atoms with Gasteiger partial charge in [-0.15, -0.1) is 0 Å². The molecule has 0 radical (unpaired) electrons. The van der Waals surface area contributed by atoms with Crippen molar-refractivity contribution in [3.05, 3.63) is 66.2 Å². The summed E-state index contributed by atoms with van der Waals surface area (Å²) < 4.78 is 5.51. The van der Waals surface area contributed by atoms with Crippen molar-refractivity contribution >= 4 is 17.8 Å². The Hall–Kier alpha value is -3.35. The van der Waals surface area contributed by atoms with Crippen LogP contribution < -0.4 is 4.74 Å². The second-order valence-electron chi connectivity index (χ2n) is 6.84. The number of carbonyl (C=O) groups excluding carboxylic acids is 3. The molecule has 4 amide bonds. The average Bonchev–Trinajstić information content (AvgIpc) is 2.98. The SMILES string of the molecule is O=C(COc1ccccc1)N1CCN2C(=O)N(Cc3ccccc3)C(=O)[C@@H]2C1. The molecule has 4 rings (SSSR count). The lowest BCUT2D eigenvalue weighted by molar-refractivity contribution is -0.138. The van der Waals surface area contributed by atoms with Crippen LogP contribution in [0.25, 0.3) is 0 Å². The van der Waals surface area contributed by atoms with Crippen molar-refractivity contribution in [2.45, 2.75) is 12.6 Å². The molecule has 0 bridgehead atoms. The van der Waals surface area contributed by atoms with E-state index in [4.69, 9.17) is 4.74 Å². The van der Waals surface area contributed by atoms with Gasteiger partial charge in [-0.3, -0.25) is 14.5 Å². The number of piperazine rings is 1. The number of ether oxygens (including phenoxy) is 1. The van der Waals surface area contributed by atoms with Gasteiger partial charge in [-0.05, 0) is 17.7 Å². The molecule has 2 heterocycles. The highest BCUT2D eigenvalue weighted by atomic mass is 16.5. The third kappa shape index (κ3) is 3.55. The van der Waals surface area contributed by atoms with Crippen molar-refractivity contribution in [2.75, 3.05) is 26.2 Å². The zero-order valence-corrected chi connectivity index (χ0v) is 15.4. The summed E-state index contributed by atoms with van der Waals surface area (Å²) in [6.45, 7) is 1.10. The smallest absolute Gasteiger partial charge is 0.327 e. The van der Waals surface area contributed by atoms with Crippen molar-refractivity contribution in [1.82, 2.24) is 14.7 Å². The number of fused-ring (bicyclic) bond motifs is 1. The highest BCUT2D eigenvalue weighted by molar-refractivity contribution is 6.04. The molecule has 7 heteroatoms. The van der Waals surface area contributed by atoms with E-state index in [1.165, 1.54) is 4.90 Å². The van der Waals surface area contributed by atoms with Crippen LogP contribution in [0.5, 0.6) is 5.75 Å². The number of benzene rings is 2. The molecular formula is C21H21N3O4. The second-order valence-corrected chi connectivity index (χ2v) is 6.84. The number of urea groups is 1. The zero-order valence-electron chi connectivity index (χ0n) is 15.4. The number of hydrogen-bond donors (Lipinski definition) is 0. The van der Waals surface area contributed by atoms with E-state index in [1.54, 1.807) is 21.9 Å². The van der Waals surface area contributed by atoms with Gasteiger partial charge in [-0.1, -0.05) is 48.5 Å². The summed E-state index contributed by atoms with van der Waals surface area (Å²) >= 11 is 0. The fraction of sp³-hybridized carbons (Fsp3) is 0.286. The molecule has 0 aromatic heterocycles. The molecule has 2 fully saturated rings. The first-order valence-corrected chi connectivity index (χ1v) is 9.25. The Morgan fingerprint density at radius 3 is 2.36 bits per heavy atom. The minimum absolute atomic E-state index is 0.0907. The van der Waals surface area contributed by atoms with Gasteiger partial charge in [0.2, 0.25) is 0 Å². The third-order valence-electron chi connectivity index (χ3n) is 5.05. The maximum atomic E-state index is 12.8. The lowest BCUT2D eigenvalue weighted by atomic mass is 10.1. The Morgan fingerprint density at radius 1 is 0.964 bits per heavy atom. The molecule has 1 atom stereocenters. The van der Waals surface area contributed by atoms with Gasteiger partial charge < -0.3 is 14.5 Å². The Labute approximate surface area is 163 Å². The summed E-state index contributed by atoms with van der Waals surface area (Å²) in [5, 5.41) is 0. The molecule has 7 nitrogen and oxygen atoms in total. The van der Waals surface area contributed by atoms with E-state index < -0.39 is 6.04 Å². The van der Waals surface area contributed by atoms with Gasteiger partial charge in [-0.2, -0.15) is 0 Å². The third-order valence-corrected chi connectivity index (χ3v) is 5.05. The van der Waals surface area contributed by atoms with Gasteiger partial charge in [0, 0.05) is 13.1 Å². The minimum Gasteiger partial charge on any atom is -0.484 e. The van der Waals surface area contributed by atoms with Gasteiger partial charge in [0.15, 0.2) is 6.61 Å². The molecule has 28 heavy (non-hydrogen) atoms. The summed E-state index contributed by atoms with van der Waals surface area (Å²) in [7, 11) is 0. The normalized spacial score (nSPS) is 19.0. The van der Waals surface area contributed by atoms with Crippen molar-refractivity contribution < 1.29 is 19.1 Å². The lowest BCUT2D eigenvalue weighted by Crippen LogP contribution is -2.55. The Bertz CT molecular complexity index is 872. The average molecular weight is 379 g/mol. The van der Waals surface area contributed by atoms with Crippen LogP contribution in [0.4, 0.5) is 4.79 Å². The molecule has 2 aromatic carbocycles. The number of para-hydroxylation sites is 1. The van der Waals surface area contributed by atoms with Crippen molar-refractivity contribution in [3.63, 3.8) is 0 Å². The number of nitrogens with zero attached hydrogens (tertiary/aromatic N) is 3. The zero-order chi connectivity index (χ0) is 19.5. The molecular weight excluding hydrogens is 358 g/mol. The predicted molar refractivity (Wildman–Crippen MR) is 101 cm³/mol. The fourth-order valence-electron chi connectivity index (χ4n) is 3.54. The molecule has 2 aliphatic heterocycles. The van der Waals surface area contributed by atoms with Gasteiger partial charge in [0.05, 0.1) is 13.1 Å². The molecule has 0 N–H and O–H groups in total. The van der Waals surface area contributed by atoms with Crippen LogP contribution >= 0.6 is 0 Å². The number of amides is 4. The van der Waals surface area contributed by atoms with E-state index in [0.29, 0.717) is 18.8 Å². The van der Waals surface area contributed by atoms with Crippen molar-refractivity contribution in [3.8, 4) is 5.75 Å². The predicted octanol–water partition coefficient (Wildman–Crippen LogP) is 1.74. The van der Waals surface area contributed by atoms with E-state index in [9.17, 15) is 14.4 Å². The molecule has 2 saturated heterocycles. The first-order chi connectivity index (χ1) is 13.6. The van der Waals surface area contributed by atoms with E-state index in [1.807, 2.05) is 48.5 Å². The van der Waals surface area contributed by atoms with Crippen LogP contribution in [0.15, 0.2) is 60.7 Å². The molecule has 2 aromatic rings. The molecule has 2 aliphatic rings. The maximum Gasteiger partial charge on any atom is 0.327 e. The quantitative estimate of drug-likeness (QED) is 0.742. The Kier molecular flexibility index (Phi) is 4.97. The molecule has 0 spiro atoms. The van der Waals surface area contributed by atoms with Crippen LogP contribution in [0.2, 0.25) is 0 Å². The summed E-state index contributed by atoms with van der Waals surface area (Å²) in [6, 6.07) is 17.6. The Morgan fingerprint density at radius 2 is 1.64 bits per heavy atom. The maximum absolute atomic E-state index is 12.8. The lowest BCUT2D eigenvalue weighted by Gasteiger charge is -2.35. The van der Waals surface area contributed by atoms with E-state index in [2.05, 4.69) is 0 Å². The summed E-state index contributed by atoms with van der Waals surface area (Å²) in [5.41, 5.74) is 0.897. The largest absolute Gasteiger partial charge is 0.484 e. The minimum atomic E-state index is -0.620. The highest BCUT2D eigenvalue weighted by Gasteiger charge is 2.48. The molecule has 0 aliphatic carbocycles. The number of carbonyl (C=O) groups is 3. The second kappa shape index (κ2) is 7.72. The van der Waals surface area contributed by atoms with Crippen LogP contribution in [-0.2, 0) is 16.1 Å². The van der Waals surface area contributed by atoms with Crippen LogP contribution in [-0.4, -0.2) is 64.8 Å². The number of hydrogen-bond acceptors (Lipinski definition) is 4. The highest BCUT2D eigenvalue weighted by Crippen LogP contribution is 2.24. The molecule has 144 valence electrons. The first-order valence-electron chi connectivity index (χ1n) is 9.25. The van der Waals surface area contributed by atoms with E-state index in [0.717, 1.165) is 5.56 Å². The first kappa shape index (κ1) is 18.0. The van der Waals surface area contributed by atoms with Crippen molar-refractivity contribution in [2.24, 2.45) is 0 Å². The van der Waals surface area contributed by atoms with Gasteiger partial charge >= 0.3 is 6.03 Å². The van der Waals surface area contributed by atoms with Crippen molar-refractivity contribution in [1.29, 1.82) is 0 Å². The monoisotopic (exact) mass is 379 g/mol. The fourth-order valence-corrected chi connectivity index (χ4v) is 3.54. The summed E-state index contributed by atoms with van der Waals surface area (Å²) in [6.07, 6.45) is 0. The molecule has 0 unspecified atom stereocenters. The van der Waals surface area contributed by atoms with Crippen LogP contribution in [0, 0.1) is 0 Å². The molecule has 0 saturated carbocycles. The number of rotatable bonds is 5. The van der Waals surface area contributed by atoms with Gasteiger partial charge in [0.1, 0.15) is 11.8 Å². The topological polar surface area (TPSA) is 70.2 Å². The van der Waals surface area contributed by atoms with Gasteiger partial charge in [0.25, 0.3) is 11.8 Å². The van der Waals surface area contributed by atoms with Crippen LogP contribution in [0.3, 0.4) is 0 Å². The summed E-state index contributed by atoms with van der Waals surface area (Å²) in [5.74, 6) is 0.177. The Balaban J connectivity index is 1.38. The summed E-state index contributed by atoms with van der Waals surface area (Å²) in [4.78, 5) is 42.4. The standard InChI is InChI=1S/C21H21N3O4/c25-19(15-28-17-9-5-2-6-10-17)22-11-12-23-18(14-22)20(26)24(21(23)27)13-16-7-3-1-4-8-16/h1-10,18H,11-15H2/t18-/m0/s1. The van der Waals surface area contributed by atoms with E-state index >= 15 is 0 Å². The van der Waals surface area contributed by atoms with Crippen LogP contribution in [0.1, 0.15) is 5.56 Å².